The third-order valence-corrected chi connectivity index (χ3v) is 5.24. The van der Waals surface area contributed by atoms with Gasteiger partial charge in [-0.15, -0.1) is 23.5 Å². The van der Waals surface area contributed by atoms with Gasteiger partial charge in [0.2, 0.25) is 5.91 Å². The van der Waals surface area contributed by atoms with Crippen LogP contribution in [0, 0.1) is 0 Å². The molecule has 0 aromatic rings. The third kappa shape index (κ3) is 2.72. The zero-order valence-electron chi connectivity index (χ0n) is 9.07. The molecule has 84 valence electrons. The molecule has 0 radical (unpaired) electrons. The van der Waals surface area contributed by atoms with Gasteiger partial charge in [-0.1, -0.05) is 19.8 Å². The molecule has 2 aliphatic rings. The van der Waals surface area contributed by atoms with E-state index in [2.05, 4.69) is 13.1 Å². The standard InChI is InChI=1S/C11H17NOS2/c1-2-3-4-5-14-9-7-12-10(13)6-11(12)15-8-9/h7,11H,2-6,8H2,1H3/t11-/m1/s1. The number of thioether (sulfide) groups is 2. The minimum Gasteiger partial charge on any atom is -0.305 e. The van der Waals surface area contributed by atoms with Gasteiger partial charge in [-0.2, -0.15) is 0 Å². The van der Waals surface area contributed by atoms with Crippen LogP contribution in [0.15, 0.2) is 11.1 Å². The van der Waals surface area contributed by atoms with Crippen molar-refractivity contribution in [2.75, 3.05) is 11.5 Å². The second kappa shape index (κ2) is 5.30. The van der Waals surface area contributed by atoms with E-state index in [0.717, 1.165) is 12.2 Å². The summed E-state index contributed by atoms with van der Waals surface area (Å²) in [4.78, 5) is 14.5. The Labute approximate surface area is 99.9 Å². The van der Waals surface area contributed by atoms with Gasteiger partial charge in [-0.05, 0) is 12.2 Å². The van der Waals surface area contributed by atoms with Crippen LogP contribution >= 0.6 is 23.5 Å². The van der Waals surface area contributed by atoms with Gasteiger partial charge in [0.05, 0.1) is 11.8 Å². The van der Waals surface area contributed by atoms with Crippen molar-refractivity contribution in [3.05, 3.63) is 11.1 Å². The van der Waals surface area contributed by atoms with Crippen LogP contribution in [0.1, 0.15) is 32.6 Å². The topological polar surface area (TPSA) is 20.3 Å². The molecule has 0 N–H and O–H groups in total. The monoisotopic (exact) mass is 243 g/mol. The molecule has 1 saturated heterocycles. The first-order chi connectivity index (χ1) is 7.31. The Morgan fingerprint density at radius 2 is 2.47 bits per heavy atom. The van der Waals surface area contributed by atoms with Crippen LogP contribution in [0.4, 0.5) is 0 Å². The van der Waals surface area contributed by atoms with E-state index in [1.54, 1.807) is 0 Å². The van der Waals surface area contributed by atoms with Gasteiger partial charge in [-0.25, -0.2) is 0 Å². The SMILES string of the molecule is CCCCCSC1=CN2C(=O)C[C@H]2SC1. The number of unbranched alkanes of at least 4 members (excludes halogenated alkanes) is 2. The van der Waals surface area contributed by atoms with E-state index in [1.807, 2.05) is 28.4 Å². The molecule has 1 fully saturated rings. The first kappa shape index (κ1) is 11.4. The molecule has 2 rings (SSSR count). The summed E-state index contributed by atoms with van der Waals surface area (Å²) in [5.74, 6) is 2.59. The maximum Gasteiger partial charge on any atom is 0.230 e. The molecule has 15 heavy (non-hydrogen) atoms. The molecule has 0 unspecified atom stereocenters. The van der Waals surface area contributed by atoms with E-state index in [9.17, 15) is 4.79 Å². The molecule has 0 saturated carbocycles. The van der Waals surface area contributed by atoms with Gasteiger partial charge < -0.3 is 4.90 Å². The predicted molar refractivity (Wildman–Crippen MR) is 67.8 cm³/mol. The van der Waals surface area contributed by atoms with Gasteiger partial charge in [0.1, 0.15) is 0 Å². The van der Waals surface area contributed by atoms with Crippen molar-refractivity contribution >= 4 is 29.4 Å². The first-order valence-corrected chi connectivity index (χ1v) is 7.61. The van der Waals surface area contributed by atoms with Crippen LogP contribution < -0.4 is 0 Å². The number of hydrogen-bond acceptors (Lipinski definition) is 3. The number of carbonyl (C=O) groups excluding carboxylic acids is 1. The van der Waals surface area contributed by atoms with Crippen LogP contribution in [0.3, 0.4) is 0 Å². The Hall–Kier alpha value is -0.0900. The molecule has 1 amide bonds. The highest BCUT2D eigenvalue weighted by Crippen LogP contribution is 2.38. The lowest BCUT2D eigenvalue weighted by Gasteiger charge is -2.40. The van der Waals surface area contributed by atoms with Crippen molar-refractivity contribution < 1.29 is 4.79 Å². The lowest BCUT2D eigenvalue weighted by Crippen LogP contribution is -2.48. The van der Waals surface area contributed by atoms with E-state index < -0.39 is 0 Å². The zero-order chi connectivity index (χ0) is 10.7. The molecule has 0 bridgehead atoms. The number of fused-ring (bicyclic) bond motifs is 1. The smallest absolute Gasteiger partial charge is 0.230 e. The second-order valence-electron chi connectivity index (χ2n) is 3.92. The number of rotatable bonds is 5. The number of β-lactam (4-membered cyclic amide) rings is 1. The minimum absolute atomic E-state index is 0.291. The second-order valence-corrected chi connectivity index (χ2v) is 6.31. The molecule has 2 heterocycles. The zero-order valence-corrected chi connectivity index (χ0v) is 10.7. The van der Waals surface area contributed by atoms with E-state index in [-0.39, 0.29) is 0 Å². The van der Waals surface area contributed by atoms with E-state index in [1.165, 1.54) is 29.9 Å². The van der Waals surface area contributed by atoms with E-state index >= 15 is 0 Å². The van der Waals surface area contributed by atoms with Crippen molar-refractivity contribution in [3.8, 4) is 0 Å². The van der Waals surface area contributed by atoms with Crippen LogP contribution in [0.25, 0.3) is 0 Å². The van der Waals surface area contributed by atoms with Crippen LogP contribution in [-0.4, -0.2) is 27.7 Å². The van der Waals surface area contributed by atoms with Crippen molar-refractivity contribution in [2.24, 2.45) is 0 Å². The van der Waals surface area contributed by atoms with Crippen LogP contribution in [0.5, 0.6) is 0 Å². The average Bonchev–Trinajstić information content (AvgIpc) is 2.25. The van der Waals surface area contributed by atoms with E-state index in [4.69, 9.17) is 0 Å². The summed E-state index contributed by atoms with van der Waals surface area (Å²) >= 11 is 3.83. The molecule has 2 aliphatic heterocycles. The Morgan fingerprint density at radius 3 is 3.20 bits per heavy atom. The summed E-state index contributed by atoms with van der Waals surface area (Å²) in [5, 5.41) is 0.456. The van der Waals surface area contributed by atoms with Crippen LogP contribution in [-0.2, 0) is 4.79 Å². The fourth-order valence-corrected chi connectivity index (χ4v) is 4.07. The summed E-state index contributed by atoms with van der Waals surface area (Å²) < 4.78 is 0. The lowest BCUT2D eigenvalue weighted by atomic mass is 10.2. The number of amides is 1. The summed E-state index contributed by atoms with van der Waals surface area (Å²) in [7, 11) is 0. The summed E-state index contributed by atoms with van der Waals surface area (Å²) in [6.07, 6.45) is 6.71. The molecular weight excluding hydrogens is 226 g/mol. The van der Waals surface area contributed by atoms with Gasteiger partial charge in [0, 0.05) is 16.9 Å². The maximum atomic E-state index is 11.2. The molecule has 0 aliphatic carbocycles. The molecule has 0 aromatic carbocycles. The Kier molecular flexibility index (Phi) is 4.03. The van der Waals surface area contributed by atoms with E-state index in [0.29, 0.717) is 11.3 Å². The lowest BCUT2D eigenvalue weighted by molar-refractivity contribution is -0.137. The molecule has 0 aromatic heterocycles. The quantitative estimate of drug-likeness (QED) is 0.547. The average molecular weight is 243 g/mol. The van der Waals surface area contributed by atoms with Crippen molar-refractivity contribution in [1.82, 2.24) is 4.90 Å². The Morgan fingerprint density at radius 1 is 1.60 bits per heavy atom. The first-order valence-electron chi connectivity index (χ1n) is 5.57. The highest BCUT2D eigenvalue weighted by Gasteiger charge is 2.37. The number of nitrogens with zero attached hydrogens (tertiary/aromatic N) is 1. The number of carbonyl (C=O) groups is 1. The molecule has 1 atom stereocenters. The predicted octanol–water partition coefficient (Wildman–Crippen LogP) is 3.06. The van der Waals surface area contributed by atoms with Gasteiger partial charge in [0.15, 0.2) is 0 Å². The largest absolute Gasteiger partial charge is 0.305 e. The van der Waals surface area contributed by atoms with Crippen molar-refractivity contribution in [2.45, 2.75) is 38.0 Å². The van der Waals surface area contributed by atoms with Gasteiger partial charge >= 0.3 is 0 Å². The van der Waals surface area contributed by atoms with Crippen LogP contribution in [0.2, 0.25) is 0 Å². The fraction of sp³-hybridized carbons (Fsp3) is 0.727. The van der Waals surface area contributed by atoms with Crippen molar-refractivity contribution in [1.29, 1.82) is 0 Å². The number of hydrogen-bond donors (Lipinski definition) is 0. The van der Waals surface area contributed by atoms with Gasteiger partial charge in [-0.3, -0.25) is 4.79 Å². The highest BCUT2D eigenvalue weighted by molar-refractivity contribution is 8.06. The summed E-state index contributed by atoms with van der Waals surface area (Å²) in [6.45, 7) is 2.23. The molecular formula is C11H17NOS2. The Balaban J connectivity index is 1.75. The normalized spacial score (nSPS) is 24.6. The third-order valence-electron chi connectivity index (χ3n) is 2.68. The highest BCUT2D eigenvalue weighted by atomic mass is 32.2. The maximum absolute atomic E-state index is 11.2. The minimum atomic E-state index is 0.291. The van der Waals surface area contributed by atoms with Gasteiger partial charge in [0.25, 0.3) is 0 Å². The molecule has 4 heteroatoms. The summed E-state index contributed by atoms with van der Waals surface area (Å²) in [5.41, 5.74) is 0. The summed E-state index contributed by atoms with van der Waals surface area (Å²) in [6, 6.07) is 0. The molecule has 2 nitrogen and oxygen atoms in total. The fourth-order valence-electron chi connectivity index (χ4n) is 1.70. The van der Waals surface area contributed by atoms with Crippen molar-refractivity contribution in [3.63, 3.8) is 0 Å². The molecule has 0 spiro atoms. The Bertz CT molecular complexity index is 278.